The summed E-state index contributed by atoms with van der Waals surface area (Å²) in [6, 6.07) is 14.0. The van der Waals surface area contributed by atoms with Crippen LogP contribution in [0.1, 0.15) is 11.6 Å². The van der Waals surface area contributed by atoms with E-state index in [4.69, 9.17) is 4.74 Å². The first-order valence-electron chi connectivity index (χ1n) is 9.73. The second-order valence-corrected chi connectivity index (χ2v) is 9.14. The second-order valence-electron chi connectivity index (χ2n) is 7.09. The van der Waals surface area contributed by atoms with Crippen LogP contribution >= 0.6 is 0 Å². The molecule has 1 fully saturated rings. The fraction of sp³-hybridized carbons (Fsp3) is 0.381. The number of hydrogen-bond donors (Lipinski definition) is 1. The Morgan fingerprint density at radius 3 is 2.40 bits per heavy atom. The first kappa shape index (κ1) is 22.4. The van der Waals surface area contributed by atoms with Crippen LogP contribution in [0.15, 0.2) is 59.5 Å². The van der Waals surface area contributed by atoms with Crippen LogP contribution < -0.4 is 5.32 Å². The zero-order valence-electron chi connectivity index (χ0n) is 16.8. The molecule has 7 nitrogen and oxygen atoms in total. The Hall–Kier alpha value is -2.33. The summed E-state index contributed by atoms with van der Waals surface area (Å²) in [6.45, 7) is 2.55. The van der Waals surface area contributed by atoms with E-state index in [0.717, 1.165) is 9.87 Å². The van der Waals surface area contributed by atoms with Gasteiger partial charge in [0.25, 0.3) is 0 Å². The fourth-order valence-corrected chi connectivity index (χ4v) is 4.51. The van der Waals surface area contributed by atoms with Gasteiger partial charge in [-0.15, -0.1) is 0 Å². The Bertz CT molecular complexity index is 932. The molecule has 1 heterocycles. The van der Waals surface area contributed by atoms with Crippen LogP contribution in [0.4, 0.5) is 4.39 Å². The summed E-state index contributed by atoms with van der Waals surface area (Å²) in [5, 5.41) is 2.83. The highest BCUT2D eigenvalue weighted by Gasteiger charge is 2.25. The quantitative estimate of drug-likeness (QED) is 0.682. The highest BCUT2D eigenvalue weighted by atomic mass is 32.2. The van der Waals surface area contributed by atoms with Gasteiger partial charge in [-0.1, -0.05) is 30.3 Å². The molecule has 1 aliphatic heterocycles. The fourth-order valence-electron chi connectivity index (χ4n) is 3.36. The van der Waals surface area contributed by atoms with Crippen LogP contribution in [0.25, 0.3) is 0 Å². The maximum Gasteiger partial charge on any atom is 0.243 e. The molecule has 0 spiro atoms. The van der Waals surface area contributed by atoms with E-state index in [1.807, 2.05) is 0 Å². The molecular formula is C21H26FN3O4S. The molecular weight excluding hydrogens is 409 g/mol. The molecule has 0 radical (unpaired) electrons. The Labute approximate surface area is 176 Å². The summed E-state index contributed by atoms with van der Waals surface area (Å²) in [6.07, 6.45) is 0. The predicted octanol–water partition coefficient (Wildman–Crippen LogP) is 1.64. The molecule has 1 aliphatic rings. The zero-order valence-corrected chi connectivity index (χ0v) is 17.6. The molecule has 0 bridgehead atoms. The number of amides is 1. The van der Waals surface area contributed by atoms with Crippen LogP contribution in [0, 0.1) is 5.82 Å². The van der Waals surface area contributed by atoms with E-state index in [2.05, 4.69) is 10.2 Å². The molecule has 1 N–H and O–H groups in total. The largest absolute Gasteiger partial charge is 0.379 e. The molecule has 30 heavy (non-hydrogen) atoms. The van der Waals surface area contributed by atoms with Crippen molar-refractivity contribution in [2.45, 2.75) is 10.9 Å². The molecule has 1 atom stereocenters. The maximum atomic E-state index is 13.3. The maximum absolute atomic E-state index is 13.3. The minimum atomic E-state index is -3.75. The monoisotopic (exact) mass is 435 g/mol. The summed E-state index contributed by atoms with van der Waals surface area (Å²) in [5.41, 5.74) is 0.879. The second kappa shape index (κ2) is 10.1. The number of ether oxygens (including phenoxy) is 1. The number of rotatable bonds is 8. The van der Waals surface area contributed by atoms with Gasteiger partial charge in [-0.2, -0.15) is 4.31 Å². The van der Waals surface area contributed by atoms with Gasteiger partial charge in [0.05, 0.1) is 30.7 Å². The molecule has 1 unspecified atom stereocenters. The highest BCUT2D eigenvalue weighted by Crippen LogP contribution is 2.22. The summed E-state index contributed by atoms with van der Waals surface area (Å²) < 4.78 is 45.0. The number of benzene rings is 2. The van der Waals surface area contributed by atoms with Gasteiger partial charge >= 0.3 is 0 Å². The molecule has 1 saturated heterocycles. The van der Waals surface area contributed by atoms with E-state index in [9.17, 15) is 17.6 Å². The van der Waals surface area contributed by atoms with Crippen molar-refractivity contribution in [2.75, 3.05) is 46.4 Å². The van der Waals surface area contributed by atoms with E-state index >= 15 is 0 Å². The van der Waals surface area contributed by atoms with E-state index in [-0.39, 0.29) is 29.8 Å². The Balaban J connectivity index is 1.64. The van der Waals surface area contributed by atoms with Crippen LogP contribution in [-0.2, 0) is 19.6 Å². The normalized spacial score (nSPS) is 16.4. The lowest BCUT2D eigenvalue weighted by atomic mass is 10.0. The smallest absolute Gasteiger partial charge is 0.243 e. The van der Waals surface area contributed by atoms with Crippen molar-refractivity contribution in [3.8, 4) is 0 Å². The van der Waals surface area contributed by atoms with Gasteiger partial charge in [0.15, 0.2) is 0 Å². The van der Waals surface area contributed by atoms with Gasteiger partial charge in [0.2, 0.25) is 15.9 Å². The number of carbonyl (C=O) groups excluding carboxylic acids is 1. The molecule has 9 heteroatoms. The summed E-state index contributed by atoms with van der Waals surface area (Å²) in [4.78, 5) is 14.8. The van der Waals surface area contributed by atoms with Gasteiger partial charge in [-0.05, 0) is 29.8 Å². The lowest BCUT2D eigenvalue weighted by Gasteiger charge is -2.35. The lowest BCUT2D eigenvalue weighted by molar-refractivity contribution is -0.121. The average Bonchev–Trinajstić information content (AvgIpc) is 2.76. The minimum Gasteiger partial charge on any atom is -0.379 e. The van der Waals surface area contributed by atoms with Crippen LogP contribution in [0.5, 0.6) is 0 Å². The van der Waals surface area contributed by atoms with Gasteiger partial charge in [0.1, 0.15) is 5.82 Å². The van der Waals surface area contributed by atoms with Crippen LogP contribution in [0.2, 0.25) is 0 Å². The molecule has 3 rings (SSSR count). The average molecular weight is 436 g/mol. The van der Waals surface area contributed by atoms with Crippen molar-refractivity contribution < 1.29 is 22.3 Å². The number of carbonyl (C=O) groups is 1. The van der Waals surface area contributed by atoms with Gasteiger partial charge in [0, 0.05) is 26.7 Å². The molecule has 2 aromatic carbocycles. The standard InChI is InChI=1S/C21H26FN3O4S/c1-24(30(27,28)19-5-3-2-4-6-19)16-21(26)23-15-20(25-11-13-29-14-12-25)17-7-9-18(22)10-8-17/h2-10,20H,11-16H2,1H3,(H,23,26). The lowest BCUT2D eigenvalue weighted by Crippen LogP contribution is -2.45. The number of hydrogen-bond acceptors (Lipinski definition) is 5. The number of nitrogens with one attached hydrogen (secondary N) is 1. The summed E-state index contributed by atoms with van der Waals surface area (Å²) in [7, 11) is -2.37. The van der Waals surface area contributed by atoms with Crippen molar-refractivity contribution in [3.63, 3.8) is 0 Å². The third kappa shape index (κ3) is 5.63. The van der Waals surface area contributed by atoms with Gasteiger partial charge in [-0.25, -0.2) is 12.8 Å². The Morgan fingerprint density at radius 1 is 1.13 bits per heavy atom. The van der Waals surface area contributed by atoms with Crippen molar-refractivity contribution in [1.82, 2.24) is 14.5 Å². The number of morpholine rings is 1. The van der Waals surface area contributed by atoms with Crippen LogP contribution in [-0.4, -0.2) is 70.0 Å². The molecule has 0 saturated carbocycles. The molecule has 2 aromatic rings. The van der Waals surface area contributed by atoms with Crippen molar-refractivity contribution in [3.05, 3.63) is 66.0 Å². The molecule has 0 aromatic heterocycles. The molecule has 1 amide bonds. The number of nitrogens with zero attached hydrogens (tertiary/aromatic N) is 2. The van der Waals surface area contributed by atoms with Gasteiger partial charge < -0.3 is 10.1 Å². The van der Waals surface area contributed by atoms with E-state index in [1.54, 1.807) is 30.3 Å². The van der Waals surface area contributed by atoms with E-state index in [1.165, 1.54) is 31.3 Å². The Morgan fingerprint density at radius 2 is 1.77 bits per heavy atom. The summed E-state index contributed by atoms with van der Waals surface area (Å²) >= 11 is 0. The highest BCUT2D eigenvalue weighted by molar-refractivity contribution is 7.89. The topological polar surface area (TPSA) is 79.0 Å². The third-order valence-corrected chi connectivity index (χ3v) is 6.87. The zero-order chi connectivity index (χ0) is 21.6. The van der Waals surface area contributed by atoms with Crippen molar-refractivity contribution >= 4 is 15.9 Å². The van der Waals surface area contributed by atoms with Crippen LogP contribution in [0.3, 0.4) is 0 Å². The Kier molecular flexibility index (Phi) is 7.54. The predicted molar refractivity (Wildman–Crippen MR) is 111 cm³/mol. The first-order chi connectivity index (χ1) is 14.4. The number of halogens is 1. The number of sulfonamides is 1. The molecule has 0 aliphatic carbocycles. The third-order valence-electron chi connectivity index (χ3n) is 5.05. The molecule has 162 valence electrons. The van der Waals surface area contributed by atoms with Crippen molar-refractivity contribution in [1.29, 1.82) is 0 Å². The van der Waals surface area contributed by atoms with Gasteiger partial charge in [-0.3, -0.25) is 9.69 Å². The summed E-state index contributed by atoms with van der Waals surface area (Å²) in [5.74, 6) is -0.728. The van der Waals surface area contributed by atoms with E-state index in [0.29, 0.717) is 26.3 Å². The SMILES string of the molecule is CN(CC(=O)NCC(c1ccc(F)cc1)N1CCOCC1)S(=O)(=O)c1ccccc1. The minimum absolute atomic E-state index is 0.137. The van der Waals surface area contributed by atoms with E-state index < -0.39 is 15.9 Å². The number of likely N-dealkylation sites (N-methyl/N-ethyl adjacent to an activating group) is 1. The van der Waals surface area contributed by atoms with Crippen molar-refractivity contribution in [2.24, 2.45) is 0 Å². The first-order valence-corrected chi connectivity index (χ1v) is 11.2.